The van der Waals surface area contributed by atoms with Crippen molar-refractivity contribution >= 4 is 21.6 Å². The summed E-state index contributed by atoms with van der Waals surface area (Å²) in [6.07, 6.45) is 5.05. The van der Waals surface area contributed by atoms with Crippen LogP contribution in [0.25, 0.3) is 0 Å². The first-order valence-electron chi connectivity index (χ1n) is 7.18. The summed E-state index contributed by atoms with van der Waals surface area (Å²) in [7, 11) is -3.66. The molecule has 0 radical (unpaired) electrons. The number of carbonyl (C=O) groups is 1. The second kappa shape index (κ2) is 6.79. The summed E-state index contributed by atoms with van der Waals surface area (Å²) < 4.78 is 25.0. The topological polar surface area (TPSA) is 90.3 Å². The molecular weight excluding hydrogens is 302 g/mol. The highest BCUT2D eigenvalue weighted by molar-refractivity contribution is 7.92. The molecule has 1 fully saturated rings. The summed E-state index contributed by atoms with van der Waals surface area (Å²) in [4.78, 5) is 12.1. The van der Waals surface area contributed by atoms with E-state index in [1.54, 1.807) is 12.1 Å². The molecule has 0 unspecified atom stereocenters. The molecule has 1 amide bonds. The maximum absolute atomic E-state index is 12.1. The van der Waals surface area contributed by atoms with Crippen LogP contribution >= 0.6 is 0 Å². The number of nitrogens with one attached hydrogen (secondary N) is 1. The number of anilines is 1. The van der Waals surface area contributed by atoms with Gasteiger partial charge in [0.25, 0.3) is 0 Å². The van der Waals surface area contributed by atoms with Crippen LogP contribution in [0.2, 0.25) is 0 Å². The highest BCUT2D eigenvalue weighted by Crippen LogP contribution is 2.22. The molecule has 0 heterocycles. The van der Waals surface area contributed by atoms with Gasteiger partial charge in [0.1, 0.15) is 12.6 Å². The van der Waals surface area contributed by atoms with Crippen LogP contribution < -0.4 is 9.62 Å². The van der Waals surface area contributed by atoms with E-state index in [-0.39, 0.29) is 29.7 Å². The molecule has 0 spiro atoms. The number of hydrogen-bond acceptors (Lipinski definition) is 4. The highest BCUT2D eigenvalue weighted by Gasteiger charge is 2.25. The number of sulfonamides is 1. The van der Waals surface area contributed by atoms with Gasteiger partial charge in [0.05, 0.1) is 17.5 Å². The molecule has 0 atom stereocenters. The third kappa shape index (κ3) is 3.98. The summed E-state index contributed by atoms with van der Waals surface area (Å²) in [6.45, 7) is -0.311. The third-order valence-electron chi connectivity index (χ3n) is 3.70. The number of nitriles is 1. The monoisotopic (exact) mass is 321 g/mol. The molecule has 118 valence electrons. The van der Waals surface area contributed by atoms with Gasteiger partial charge in [-0.05, 0) is 25.0 Å². The molecule has 7 heteroatoms. The van der Waals surface area contributed by atoms with Gasteiger partial charge in [0.15, 0.2) is 0 Å². The number of rotatable bonds is 5. The van der Waals surface area contributed by atoms with E-state index >= 15 is 0 Å². The fourth-order valence-electron chi connectivity index (χ4n) is 2.64. The standard InChI is InChI=1S/C15H19N3O3S/c1-22(20,21)18(14-9-5-2-6-12(14)10-16)11-15(19)17-13-7-3-4-8-13/h2,5-6,9,13H,3-4,7-8,11H2,1H3,(H,17,19). The summed E-state index contributed by atoms with van der Waals surface area (Å²) in [5, 5.41) is 12.0. The average molecular weight is 321 g/mol. The minimum atomic E-state index is -3.66. The lowest BCUT2D eigenvalue weighted by Gasteiger charge is -2.23. The van der Waals surface area contributed by atoms with E-state index in [1.807, 2.05) is 6.07 Å². The van der Waals surface area contributed by atoms with E-state index < -0.39 is 10.0 Å². The lowest BCUT2D eigenvalue weighted by Crippen LogP contribution is -2.43. The third-order valence-corrected chi connectivity index (χ3v) is 4.83. The van der Waals surface area contributed by atoms with Crippen LogP contribution in [-0.4, -0.2) is 33.2 Å². The van der Waals surface area contributed by atoms with Crippen LogP contribution in [-0.2, 0) is 14.8 Å². The number of carbonyl (C=O) groups excluding carboxylic acids is 1. The molecule has 1 aliphatic carbocycles. The average Bonchev–Trinajstić information content (AvgIpc) is 2.96. The molecule has 0 aromatic heterocycles. The Morgan fingerprint density at radius 2 is 2.00 bits per heavy atom. The van der Waals surface area contributed by atoms with Crippen molar-refractivity contribution in [2.75, 3.05) is 17.1 Å². The quantitative estimate of drug-likeness (QED) is 0.887. The van der Waals surface area contributed by atoms with Gasteiger partial charge in [-0.1, -0.05) is 25.0 Å². The smallest absolute Gasteiger partial charge is 0.240 e. The zero-order valence-electron chi connectivity index (χ0n) is 12.4. The van der Waals surface area contributed by atoms with E-state index in [4.69, 9.17) is 5.26 Å². The van der Waals surface area contributed by atoms with Gasteiger partial charge >= 0.3 is 0 Å². The Morgan fingerprint density at radius 3 is 2.59 bits per heavy atom. The van der Waals surface area contributed by atoms with Gasteiger partial charge in [-0.25, -0.2) is 8.42 Å². The molecule has 6 nitrogen and oxygen atoms in total. The van der Waals surface area contributed by atoms with Crippen LogP contribution in [0.3, 0.4) is 0 Å². The number of hydrogen-bond donors (Lipinski definition) is 1. The predicted molar refractivity (Wildman–Crippen MR) is 83.7 cm³/mol. The molecule has 0 bridgehead atoms. The van der Waals surface area contributed by atoms with Gasteiger partial charge in [0.2, 0.25) is 15.9 Å². The lowest BCUT2D eigenvalue weighted by molar-refractivity contribution is -0.120. The SMILES string of the molecule is CS(=O)(=O)N(CC(=O)NC1CCCC1)c1ccccc1C#N. The molecular formula is C15H19N3O3S. The Bertz CT molecular complexity index is 688. The van der Waals surface area contributed by atoms with Gasteiger partial charge in [-0.2, -0.15) is 5.26 Å². The number of nitrogens with zero attached hydrogens (tertiary/aromatic N) is 2. The Labute approximate surface area is 130 Å². The van der Waals surface area contributed by atoms with Crippen molar-refractivity contribution in [3.05, 3.63) is 29.8 Å². The minimum absolute atomic E-state index is 0.125. The van der Waals surface area contributed by atoms with Crippen molar-refractivity contribution < 1.29 is 13.2 Å². The predicted octanol–water partition coefficient (Wildman–Crippen LogP) is 1.38. The van der Waals surface area contributed by atoms with E-state index in [0.717, 1.165) is 36.2 Å². The first-order chi connectivity index (χ1) is 10.4. The van der Waals surface area contributed by atoms with E-state index in [0.29, 0.717) is 0 Å². The molecule has 2 rings (SSSR count). The Hall–Kier alpha value is -2.07. The van der Waals surface area contributed by atoms with E-state index in [9.17, 15) is 13.2 Å². The van der Waals surface area contributed by atoms with Gasteiger partial charge in [-0.3, -0.25) is 9.10 Å². The number of amides is 1. The van der Waals surface area contributed by atoms with Crippen LogP contribution in [0.4, 0.5) is 5.69 Å². The maximum atomic E-state index is 12.1. The van der Waals surface area contributed by atoms with Crippen molar-refractivity contribution in [1.82, 2.24) is 5.32 Å². The van der Waals surface area contributed by atoms with E-state index in [2.05, 4.69) is 5.32 Å². The fourth-order valence-corrected chi connectivity index (χ4v) is 3.51. The lowest BCUT2D eigenvalue weighted by atomic mass is 10.2. The second-order valence-electron chi connectivity index (χ2n) is 5.45. The molecule has 1 aromatic rings. The molecule has 1 aromatic carbocycles. The zero-order valence-corrected chi connectivity index (χ0v) is 13.3. The normalized spacial score (nSPS) is 15.3. The molecule has 1 N–H and O–H groups in total. The summed E-state index contributed by atoms with van der Waals surface area (Å²) in [5.74, 6) is -0.343. The molecule has 1 saturated carbocycles. The minimum Gasteiger partial charge on any atom is -0.352 e. The number of benzene rings is 1. The first kappa shape index (κ1) is 16.3. The molecule has 0 saturated heterocycles. The Balaban J connectivity index is 2.20. The summed E-state index contributed by atoms with van der Waals surface area (Å²) >= 11 is 0. The van der Waals surface area contributed by atoms with Crippen molar-refractivity contribution in [3.8, 4) is 6.07 Å². The first-order valence-corrected chi connectivity index (χ1v) is 9.03. The van der Waals surface area contributed by atoms with Crippen molar-refractivity contribution in [2.45, 2.75) is 31.7 Å². The van der Waals surface area contributed by atoms with Crippen molar-refractivity contribution in [1.29, 1.82) is 5.26 Å². The van der Waals surface area contributed by atoms with Crippen molar-refractivity contribution in [3.63, 3.8) is 0 Å². The van der Waals surface area contributed by atoms with Gasteiger partial charge < -0.3 is 5.32 Å². The maximum Gasteiger partial charge on any atom is 0.240 e. The Kier molecular flexibility index (Phi) is 5.03. The molecule has 1 aliphatic rings. The second-order valence-corrected chi connectivity index (χ2v) is 7.35. The number of para-hydroxylation sites is 1. The molecule has 22 heavy (non-hydrogen) atoms. The Morgan fingerprint density at radius 1 is 1.36 bits per heavy atom. The van der Waals surface area contributed by atoms with Crippen LogP contribution in [0.15, 0.2) is 24.3 Å². The molecule has 0 aliphatic heterocycles. The van der Waals surface area contributed by atoms with Crippen LogP contribution in [0.5, 0.6) is 0 Å². The summed E-state index contributed by atoms with van der Waals surface area (Å²) in [5.41, 5.74) is 0.454. The highest BCUT2D eigenvalue weighted by atomic mass is 32.2. The summed E-state index contributed by atoms with van der Waals surface area (Å²) in [6, 6.07) is 8.44. The van der Waals surface area contributed by atoms with Gasteiger partial charge in [0, 0.05) is 6.04 Å². The van der Waals surface area contributed by atoms with Crippen LogP contribution in [0.1, 0.15) is 31.2 Å². The van der Waals surface area contributed by atoms with Crippen molar-refractivity contribution in [2.24, 2.45) is 0 Å². The largest absolute Gasteiger partial charge is 0.352 e. The van der Waals surface area contributed by atoms with E-state index in [1.165, 1.54) is 12.1 Å². The van der Waals surface area contributed by atoms with Gasteiger partial charge in [-0.15, -0.1) is 0 Å². The fraction of sp³-hybridized carbons (Fsp3) is 0.467. The van der Waals surface area contributed by atoms with Crippen LogP contribution in [0, 0.1) is 11.3 Å². The zero-order chi connectivity index (χ0) is 16.2.